The largest absolute Gasteiger partial charge is 0.495 e. The molecule has 2 amide bonds. The van der Waals surface area contributed by atoms with Crippen LogP contribution in [0.2, 0.25) is 0 Å². The number of carbonyl (C=O) groups excluding carboxylic acids is 2. The minimum atomic E-state index is -0.0118. The summed E-state index contributed by atoms with van der Waals surface area (Å²) in [6.45, 7) is 5.10. The average molecular weight is 506 g/mol. The Kier molecular flexibility index (Phi) is 7.28. The molecular formula is C29H35N3O3S. The second-order valence-corrected chi connectivity index (χ2v) is 11.3. The summed E-state index contributed by atoms with van der Waals surface area (Å²) in [7, 11) is 3.60. The number of ether oxygens (including phenoxy) is 1. The molecule has 0 bridgehead atoms. The number of anilines is 1. The molecular weight excluding hydrogens is 470 g/mol. The zero-order valence-corrected chi connectivity index (χ0v) is 22.2. The summed E-state index contributed by atoms with van der Waals surface area (Å²) in [6.07, 6.45) is 4.61. The van der Waals surface area contributed by atoms with Gasteiger partial charge in [-0.1, -0.05) is 42.0 Å². The maximum absolute atomic E-state index is 13.5. The minimum absolute atomic E-state index is 0.0118. The van der Waals surface area contributed by atoms with Crippen LogP contribution in [0.15, 0.2) is 53.4 Å². The number of para-hydroxylation sites is 2. The van der Waals surface area contributed by atoms with E-state index in [4.69, 9.17) is 4.74 Å². The Morgan fingerprint density at radius 2 is 1.83 bits per heavy atom. The first-order valence-corrected chi connectivity index (χ1v) is 13.7. The van der Waals surface area contributed by atoms with E-state index in [0.717, 1.165) is 54.3 Å². The normalized spacial score (nSPS) is 25.6. The molecule has 2 heterocycles. The molecule has 1 saturated carbocycles. The summed E-state index contributed by atoms with van der Waals surface area (Å²) in [5.41, 5.74) is 3.34. The van der Waals surface area contributed by atoms with Crippen LogP contribution in [0.3, 0.4) is 0 Å². The number of amides is 2. The summed E-state index contributed by atoms with van der Waals surface area (Å²) < 4.78 is 5.52. The van der Waals surface area contributed by atoms with Gasteiger partial charge in [0, 0.05) is 50.4 Å². The molecule has 1 aliphatic carbocycles. The molecule has 36 heavy (non-hydrogen) atoms. The van der Waals surface area contributed by atoms with E-state index in [1.807, 2.05) is 53.3 Å². The number of benzene rings is 2. The van der Waals surface area contributed by atoms with Crippen LogP contribution in [0.4, 0.5) is 5.69 Å². The number of hydrogen-bond donors (Lipinski definition) is 0. The van der Waals surface area contributed by atoms with Gasteiger partial charge in [-0.3, -0.25) is 9.59 Å². The maximum atomic E-state index is 13.5. The average Bonchev–Trinajstić information content (AvgIpc) is 2.91. The topological polar surface area (TPSA) is 53.1 Å². The number of fused-ring (bicyclic) bond motifs is 1. The third-order valence-electron chi connectivity index (χ3n) is 7.77. The Bertz CT molecular complexity index is 1160. The van der Waals surface area contributed by atoms with Gasteiger partial charge in [0.25, 0.3) is 5.91 Å². The Morgan fingerprint density at radius 1 is 1.06 bits per heavy atom. The Balaban J connectivity index is 1.21. The second-order valence-electron chi connectivity index (χ2n) is 10.1. The molecule has 2 aromatic rings. The molecule has 6 nitrogen and oxygen atoms in total. The standard InChI is InChI=1S/C29H35N3O3S/c1-20-7-6-8-21(17-20)18-27-29(34)30(2)24-19-22(11-12-26(24)36-27)28(33)32-15-13-31(14-16-32)23-9-4-5-10-25(23)35-3/h4-10,17-18,22,24,26H,11-16,19H2,1-3H3/b27-18-. The quantitative estimate of drug-likeness (QED) is 0.576. The summed E-state index contributed by atoms with van der Waals surface area (Å²) in [5, 5.41) is 0.343. The molecule has 2 aliphatic heterocycles. The molecule has 5 rings (SSSR count). The summed E-state index contributed by atoms with van der Waals surface area (Å²) in [5.74, 6) is 1.18. The Labute approximate surface area is 218 Å². The van der Waals surface area contributed by atoms with Crippen molar-refractivity contribution in [3.63, 3.8) is 0 Å². The second kappa shape index (κ2) is 10.6. The maximum Gasteiger partial charge on any atom is 0.260 e. The molecule has 3 atom stereocenters. The van der Waals surface area contributed by atoms with Crippen molar-refractivity contribution < 1.29 is 14.3 Å². The van der Waals surface area contributed by atoms with E-state index in [0.29, 0.717) is 18.3 Å². The predicted octanol–water partition coefficient (Wildman–Crippen LogP) is 4.44. The smallest absolute Gasteiger partial charge is 0.260 e. The minimum Gasteiger partial charge on any atom is -0.495 e. The van der Waals surface area contributed by atoms with E-state index in [-0.39, 0.29) is 23.8 Å². The lowest BCUT2D eigenvalue weighted by Gasteiger charge is -2.45. The molecule has 2 saturated heterocycles. The third-order valence-corrected chi connectivity index (χ3v) is 9.17. The van der Waals surface area contributed by atoms with Crippen LogP contribution in [0.25, 0.3) is 6.08 Å². The molecule has 7 heteroatoms. The lowest BCUT2D eigenvalue weighted by atomic mass is 9.83. The van der Waals surface area contributed by atoms with Crippen molar-refractivity contribution in [2.45, 2.75) is 37.5 Å². The predicted molar refractivity (Wildman–Crippen MR) is 146 cm³/mol. The van der Waals surface area contributed by atoms with Crippen molar-refractivity contribution in [2.24, 2.45) is 5.92 Å². The van der Waals surface area contributed by atoms with Gasteiger partial charge >= 0.3 is 0 Å². The van der Waals surface area contributed by atoms with E-state index in [2.05, 4.69) is 30.0 Å². The van der Waals surface area contributed by atoms with Gasteiger partial charge in [0.1, 0.15) is 5.75 Å². The molecule has 0 N–H and O–H groups in total. The molecule has 0 radical (unpaired) electrons. The SMILES string of the molecule is COc1ccccc1N1CCN(C(=O)C2CCC3S/C(=C\c4cccc(C)c4)C(=O)N(C)C3C2)CC1. The first-order chi connectivity index (χ1) is 17.4. The van der Waals surface area contributed by atoms with Crippen LogP contribution in [0, 0.1) is 12.8 Å². The number of thioether (sulfide) groups is 1. The first-order valence-electron chi connectivity index (χ1n) is 12.8. The fraction of sp³-hybridized carbons (Fsp3) is 0.448. The summed E-state index contributed by atoms with van der Waals surface area (Å²) in [6, 6.07) is 16.4. The third kappa shape index (κ3) is 4.99. The Morgan fingerprint density at radius 3 is 2.58 bits per heavy atom. The summed E-state index contributed by atoms with van der Waals surface area (Å²) >= 11 is 1.71. The Hall–Kier alpha value is -2.93. The lowest BCUT2D eigenvalue weighted by molar-refractivity contribution is -0.139. The van der Waals surface area contributed by atoms with Crippen molar-refractivity contribution in [3.8, 4) is 5.75 Å². The van der Waals surface area contributed by atoms with Gasteiger partial charge in [0.15, 0.2) is 0 Å². The van der Waals surface area contributed by atoms with Gasteiger partial charge in [0.2, 0.25) is 5.91 Å². The molecule has 2 aromatic carbocycles. The first kappa shape index (κ1) is 24.8. The number of likely N-dealkylation sites (N-methyl/N-ethyl adjacent to an activating group) is 1. The highest BCUT2D eigenvalue weighted by Crippen LogP contribution is 2.43. The van der Waals surface area contributed by atoms with Crippen molar-refractivity contribution in [1.82, 2.24) is 9.80 Å². The van der Waals surface area contributed by atoms with E-state index in [1.54, 1.807) is 18.9 Å². The van der Waals surface area contributed by atoms with E-state index < -0.39 is 0 Å². The zero-order valence-electron chi connectivity index (χ0n) is 21.4. The number of nitrogens with zero attached hydrogens (tertiary/aromatic N) is 3. The van der Waals surface area contributed by atoms with Gasteiger partial charge in [-0.05, 0) is 50.0 Å². The van der Waals surface area contributed by atoms with Gasteiger partial charge < -0.3 is 19.4 Å². The molecule has 3 fully saturated rings. The number of piperazine rings is 1. The number of rotatable bonds is 4. The molecule has 190 valence electrons. The highest BCUT2D eigenvalue weighted by atomic mass is 32.2. The van der Waals surface area contributed by atoms with Crippen molar-refractivity contribution in [3.05, 3.63) is 64.6 Å². The fourth-order valence-electron chi connectivity index (χ4n) is 5.75. The summed E-state index contributed by atoms with van der Waals surface area (Å²) in [4.78, 5) is 33.7. The van der Waals surface area contributed by atoms with Crippen LogP contribution in [0.1, 0.15) is 30.4 Å². The highest BCUT2D eigenvalue weighted by molar-refractivity contribution is 8.04. The molecule has 0 spiro atoms. The van der Waals surface area contributed by atoms with E-state index >= 15 is 0 Å². The van der Waals surface area contributed by atoms with E-state index in [9.17, 15) is 9.59 Å². The van der Waals surface area contributed by atoms with Gasteiger partial charge in [-0.25, -0.2) is 0 Å². The van der Waals surface area contributed by atoms with Gasteiger partial charge in [0.05, 0.1) is 17.7 Å². The number of hydrogen-bond acceptors (Lipinski definition) is 5. The molecule has 0 aromatic heterocycles. The number of aryl methyl sites for hydroxylation is 1. The highest BCUT2D eigenvalue weighted by Gasteiger charge is 2.43. The lowest BCUT2D eigenvalue weighted by Crippen LogP contribution is -2.55. The number of methoxy groups -OCH3 is 1. The van der Waals surface area contributed by atoms with Crippen LogP contribution >= 0.6 is 11.8 Å². The van der Waals surface area contributed by atoms with Crippen molar-refractivity contribution in [1.29, 1.82) is 0 Å². The van der Waals surface area contributed by atoms with Crippen LogP contribution in [-0.4, -0.2) is 73.2 Å². The van der Waals surface area contributed by atoms with Gasteiger partial charge in [-0.2, -0.15) is 0 Å². The van der Waals surface area contributed by atoms with Crippen molar-refractivity contribution in [2.75, 3.05) is 45.2 Å². The molecule has 3 aliphatic rings. The van der Waals surface area contributed by atoms with Crippen LogP contribution in [0.5, 0.6) is 5.75 Å². The van der Waals surface area contributed by atoms with Crippen LogP contribution < -0.4 is 9.64 Å². The van der Waals surface area contributed by atoms with Crippen molar-refractivity contribution >= 4 is 35.3 Å². The van der Waals surface area contributed by atoms with Crippen LogP contribution in [-0.2, 0) is 9.59 Å². The molecule has 3 unspecified atom stereocenters. The van der Waals surface area contributed by atoms with E-state index in [1.165, 1.54) is 5.56 Å². The van der Waals surface area contributed by atoms with Gasteiger partial charge in [-0.15, -0.1) is 11.8 Å². The monoisotopic (exact) mass is 505 g/mol. The zero-order chi connectivity index (χ0) is 25.2. The fourth-order valence-corrected chi connectivity index (χ4v) is 7.23. The number of carbonyl (C=O) groups is 2.